The Morgan fingerprint density at radius 3 is 2.82 bits per heavy atom. The third-order valence-corrected chi connectivity index (χ3v) is 5.37. The highest BCUT2D eigenvalue weighted by Crippen LogP contribution is 2.34. The van der Waals surface area contributed by atoms with Crippen LogP contribution in [0.5, 0.6) is 0 Å². The number of likely N-dealkylation sites (tertiary alicyclic amines) is 1. The van der Waals surface area contributed by atoms with Crippen LogP contribution in [-0.2, 0) is 14.4 Å². The molecule has 3 amide bonds. The predicted molar refractivity (Wildman–Crippen MR) is 95.7 cm³/mol. The number of hydroxylamine groups is 2. The maximum absolute atomic E-state index is 14.1. The Balaban J connectivity index is 1.71. The quantitative estimate of drug-likeness (QED) is 0.387. The molecule has 2 aliphatic rings. The van der Waals surface area contributed by atoms with Gasteiger partial charge in [-0.1, -0.05) is 19.3 Å². The van der Waals surface area contributed by atoms with Crippen LogP contribution in [0.3, 0.4) is 0 Å². The summed E-state index contributed by atoms with van der Waals surface area (Å²) in [6.45, 7) is -0.365. The second-order valence-corrected chi connectivity index (χ2v) is 7.38. The maximum atomic E-state index is 14.1. The van der Waals surface area contributed by atoms with E-state index in [9.17, 15) is 24.0 Å². The summed E-state index contributed by atoms with van der Waals surface area (Å²) < 4.78 is 14.1. The van der Waals surface area contributed by atoms with Crippen molar-refractivity contribution in [2.75, 3.05) is 18.4 Å². The zero-order valence-corrected chi connectivity index (χ0v) is 15.4. The molecule has 10 heteroatoms. The molecule has 3 atom stereocenters. The Kier molecular flexibility index (Phi) is 6.50. The topological polar surface area (TPSA) is 116 Å². The van der Waals surface area contributed by atoms with E-state index in [1.54, 1.807) is 0 Å². The normalized spacial score (nSPS) is 23.0. The minimum absolute atomic E-state index is 0.107. The molecule has 0 spiro atoms. The van der Waals surface area contributed by atoms with Crippen LogP contribution in [0.15, 0.2) is 18.6 Å². The highest BCUT2D eigenvalue weighted by atomic mass is 19.1. The van der Waals surface area contributed by atoms with Gasteiger partial charge in [0.05, 0.1) is 25.2 Å². The summed E-state index contributed by atoms with van der Waals surface area (Å²) in [7, 11) is 0. The van der Waals surface area contributed by atoms with E-state index in [2.05, 4.69) is 15.3 Å². The number of anilines is 1. The van der Waals surface area contributed by atoms with E-state index in [1.165, 1.54) is 23.5 Å². The Morgan fingerprint density at radius 1 is 1.43 bits per heavy atom. The van der Waals surface area contributed by atoms with E-state index < -0.39 is 29.9 Å². The molecule has 0 aromatic carbocycles. The van der Waals surface area contributed by atoms with Gasteiger partial charge in [0.1, 0.15) is 12.2 Å². The lowest BCUT2D eigenvalue weighted by atomic mass is 9.78. The van der Waals surface area contributed by atoms with Crippen LogP contribution < -0.4 is 5.32 Å². The van der Waals surface area contributed by atoms with Crippen molar-refractivity contribution in [2.24, 2.45) is 11.8 Å². The molecule has 9 nitrogen and oxygen atoms in total. The average molecular weight is 393 g/mol. The summed E-state index contributed by atoms with van der Waals surface area (Å²) in [6.07, 6.45) is 6.59. The van der Waals surface area contributed by atoms with Crippen molar-refractivity contribution in [3.8, 4) is 0 Å². The molecule has 1 saturated heterocycles. The number of carbonyl (C=O) groups excluding carboxylic acids is 3. The number of aromatic nitrogens is 2. The summed E-state index contributed by atoms with van der Waals surface area (Å²) in [4.78, 5) is 45.5. The van der Waals surface area contributed by atoms with E-state index in [1.807, 2.05) is 0 Å². The largest absolute Gasteiger partial charge is 0.327 e. The lowest BCUT2D eigenvalue weighted by Crippen LogP contribution is -2.48. The van der Waals surface area contributed by atoms with Gasteiger partial charge in [-0.15, -0.1) is 0 Å². The van der Waals surface area contributed by atoms with Gasteiger partial charge in [0.15, 0.2) is 5.82 Å². The number of carbonyl (C=O) groups is 3. The molecular formula is C18H24FN5O4. The lowest BCUT2D eigenvalue weighted by molar-refractivity contribution is -0.158. The van der Waals surface area contributed by atoms with Crippen molar-refractivity contribution < 1.29 is 24.0 Å². The van der Waals surface area contributed by atoms with Crippen LogP contribution >= 0.6 is 0 Å². The van der Waals surface area contributed by atoms with E-state index >= 15 is 0 Å². The molecule has 3 unspecified atom stereocenters. The fraction of sp³-hybridized carbons (Fsp3) is 0.611. The minimum atomic E-state index is -1.32. The molecule has 1 aliphatic heterocycles. The van der Waals surface area contributed by atoms with E-state index in [0.717, 1.165) is 19.3 Å². The second-order valence-electron chi connectivity index (χ2n) is 7.38. The summed E-state index contributed by atoms with van der Waals surface area (Å²) in [5, 5.41) is 12.6. The van der Waals surface area contributed by atoms with Crippen LogP contribution in [-0.4, -0.2) is 68.7 Å². The monoisotopic (exact) mass is 393 g/mol. The Bertz CT molecular complexity index is 702. The summed E-state index contributed by atoms with van der Waals surface area (Å²) >= 11 is 0. The molecule has 1 aromatic rings. The molecule has 2 fully saturated rings. The first-order valence-electron chi connectivity index (χ1n) is 9.40. The van der Waals surface area contributed by atoms with E-state index in [0.29, 0.717) is 17.4 Å². The fourth-order valence-electron chi connectivity index (χ4n) is 3.74. The molecule has 2 heterocycles. The summed E-state index contributed by atoms with van der Waals surface area (Å²) in [5.74, 6) is -1.09. The van der Waals surface area contributed by atoms with Crippen LogP contribution in [0.1, 0.15) is 32.1 Å². The van der Waals surface area contributed by atoms with Gasteiger partial charge in [-0.3, -0.25) is 24.6 Å². The predicted octanol–water partition coefficient (Wildman–Crippen LogP) is 1.01. The number of hydrogen-bond donors (Lipinski definition) is 2. The van der Waals surface area contributed by atoms with E-state index in [-0.39, 0.29) is 31.7 Å². The number of alkyl halides is 1. The molecule has 1 aliphatic carbocycles. The van der Waals surface area contributed by atoms with Gasteiger partial charge in [0.25, 0.3) is 0 Å². The molecule has 3 rings (SSSR count). The molecular weight excluding hydrogens is 369 g/mol. The third kappa shape index (κ3) is 4.80. The van der Waals surface area contributed by atoms with Gasteiger partial charge < -0.3 is 10.2 Å². The highest BCUT2D eigenvalue weighted by Gasteiger charge is 2.43. The first-order chi connectivity index (χ1) is 13.5. The lowest BCUT2D eigenvalue weighted by Gasteiger charge is -2.33. The van der Waals surface area contributed by atoms with Gasteiger partial charge in [0, 0.05) is 18.8 Å². The number of amides is 3. The molecule has 1 aromatic heterocycles. The minimum Gasteiger partial charge on any atom is -0.327 e. The molecule has 0 radical (unpaired) electrons. The fourth-order valence-corrected chi connectivity index (χ4v) is 3.74. The van der Waals surface area contributed by atoms with Gasteiger partial charge >= 0.3 is 0 Å². The van der Waals surface area contributed by atoms with Crippen molar-refractivity contribution in [1.29, 1.82) is 0 Å². The molecule has 1 saturated carbocycles. The van der Waals surface area contributed by atoms with Gasteiger partial charge in [-0.25, -0.2) is 14.4 Å². The van der Waals surface area contributed by atoms with Crippen molar-refractivity contribution in [2.45, 2.75) is 44.3 Å². The summed E-state index contributed by atoms with van der Waals surface area (Å²) in [6, 6.07) is -0.975. The van der Waals surface area contributed by atoms with E-state index in [4.69, 9.17) is 0 Å². The maximum Gasteiger partial charge on any atom is 0.248 e. The Hall–Kier alpha value is -2.62. The van der Waals surface area contributed by atoms with Gasteiger partial charge in [-0.05, 0) is 12.3 Å². The summed E-state index contributed by atoms with van der Waals surface area (Å²) in [5.41, 5.74) is 0. The van der Waals surface area contributed by atoms with Crippen molar-refractivity contribution >= 4 is 24.0 Å². The second kappa shape index (κ2) is 9.05. The zero-order valence-electron chi connectivity index (χ0n) is 15.4. The van der Waals surface area contributed by atoms with Crippen molar-refractivity contribution in [3.05, 3.63) is 18.6 Å². The number of rotatable bonds is 8. The molecule has 28 heavy (non-hydrogen) atoms. The van der Waals surface area contributed by atoms with Crippen LogP contribution in [0.2, 0.25) is 0 Å². The SMILES string of the molecule is O=CN(O)CC(CC1CCC1)C(=O)N1CC(F)CC1C(=O)Nc1cnccn1. The van der Waals surface area contributed by atoms with Gasteiger partial charge in [0.2, 0.25) is 18.2 Å². The number of halogens is 1. The van der Waals surface area contributed by atoms with Crippen LogP contribution in [0.4, 0.5) is 10.2 Å². The zero-order chi connectivity index (χ0) is 20.1. The molecule has 152 valence electrons. The van der Waals surface area contributed by atoms with Crippen molar-refractivity contribution in [3.63, 3.8) is 0 Å². The average Bonchev–Trinajstić information content (AvgIpc) is 3.05. The van der Waals surface area contributed by atoms with Gasteiger partial charge in [-0.2, -0.15) is 0 Å². The standard InChI is InChI=1S/C18H24FN5O4/c19-14-7-15(17(26)22-16-8-20-4-5-21-16)24(10-14)18(27)13(9-23(28)11-25)6-12-2-1-3-12/h4-5,8,11-15,28H,1-3,6-7,9-10H2,(H,21,22,26). The Morgan fingerprint density at radius 2 is 2.21 bits per heavy atom. The smallest absolute Gasteiger partial charge is 0.248 e. The Labute approximate surface area is 161 Å². The third-order valence-electron chi connectivity index (χ3n) is 5.37. The first-order valence-corrected chi connectivity index (χ1v) is 9.40. The first kappa shape index (κ1) is 20.1. The molecule has 0 bridgehead atoms. The highest BCUT2D eigenvalue weighted by molar-refractivity contribution is 5.97. The number of hydrogen-bond acceptors (Lipinski definition) is 6. The van der Waals surface area contributed by atoms with Crippen LogP contribution in [0, 0.1) is 11.8 Å². The number of nitrogens with zero attached hydrogens (tertiary/aromatic N) is 4. The molecule has 2 N–H and O–H groups in total. The van der Waals surface area contributed by atoms with Crippen molar-refractivity contribution in [1.82, 2.24) is 19.9 Å². The van der Waals surface area contributed by atoms with Crippen LogP contribution in [0.25, 0.3) is 0 Å². The number of nitrogens with one attached hydrogen (secondary N) is 1.